The van der Waals surface area contributed by atoms with E-state index in [1.165, 1.54) is 0 Å². The van der Waals surface area contributed by atoms with E-state index in [0.29, 0.717) is 12.1 Å². The van der Waals surface area contributed by atoms with Crippen molar-refractivity contribution in [2.24, 2.45) is 0 Å². The van der Waals surface area contributed by atoms with Gasteiger partial charge in [-0.05, 0) is 59.1 Å². The van der Waals surface area contributed by atoms with E-state index in [1.54, 1.807) is 6.20 Å². The second kappa shape index (κ2) is 6.58. The first-order valence-corrected chi connectivity index (χ1v) is 8.99. The van der Waals surface area contributed by atoms with Gasteiger partial charge >= 0.3 is 0 Å². The summed E-state index contributed by atoms with van der Waals surface area (Å²) in [4.78, 5) is 4.13. The van der Waals surface area contributed by atoms with Crippen LogP contribution >= 0.6 is 15.9 Å². The van der Waals surface area contributed by atoms with Gasteiger partial charge < -0.3 is 0 Å². The quantitative estimate of drug-likeness (QED) is 0.878. The Morgan fingerprint density at radius 3 is 2.62 bits per heavy atom. The summed E-state index contributed by atoms with van der Waals surface area (Å²) in [6, 6.07) is 9.32. The Hall–Kier alpha value is -1.40. The third-order valence-corrected chi connectivity index (χ3v) is 4.92. The Bertz CT molecular complexity index is 708. The molecule has 0 radical (unpaired) electrons. The lowest BCUT2D eigenvalue weighted by Gasteiger charge is -2.13. The zero-order chi connectivity index (χ0) is 15.5. The van der Waals surface area contributed by atoms with Crippen LogP contribution in [-0.4, -0.2) is 19.2 Å². The number of anilines is 1. The summed E-state index contributed by atoms with van der Waals surface area (Å²) in [5.74, 6) is 0.00374. The Kier molecular flexibility index (Phi) is 5.00. The molecular weight excluding hydrogens is 352 g/mol. The molecule has 0 bridgehead atoms. The molecule has 1 N–H and O–H groups in total. The average Bonchev–Trinajstić information content (AvgIpc) is 2.42. The van der Waals surface area contributed by atoms with Crippen LogP contribution in [0.4, 0.5) is 5.69 Å². The summed E-state index contributed by atoms with van der Waals surface area (Å²) in [7, 11) is -3.41. The van der Waals surface area contributed by atoms with E-state index in [1.807, 2.05) is 44.2 Å². The van der Waals surface area contributed by atoms with E-state index in [2.05, 4.69) is 25.6 Å². The van der Waals surface area contributed by atoms with E-state index >= 15 is 0 Å². The van der Waals surface area contributed by atoms with Crippen LogP contribution in [0.3, 0.4) is 0 Å². The zero-order valence-electron chi connectivity index (χ0n) is 11.9. The number of aryl methyl sites for hydroxylation is 3. The average molecular weight is 369 g/mol. The highest BCUT2D eigenvalue weighted by Crippen LogP contribution is 2.28. The fourth-order valence-corrected chi connectivity index (χ4v) is 4.10. The Morgan fingerprint density at radius 2 is 2.00 bits per heavy atom. The predicted molar refractivity (Wildman–Crippen MR) is 89.0 cm³/mol. The highest BCUT2D eigenvalue weighted by Gasteiger charge is 2.15. The summed E-state index contributed by atoms with van der Waals surface area (Å²) < 4.78 is 27.8. The van der Waals surface area contributed by atoms with Crippen molar-refractivity contribution in [3.63, 3.8) is 0 Å². The lowest BCUT2D eigenvalue weighted by Crippen LogP contribution is -2.19. The summed E-state index contributed by atoms with van der Waals surface area (Å²) >= 11 is 3.41. The maximum atomic E-state index is 12.2. The van der Waals surface area contributed by atoms with Crippen LogP contribution in [0.5, 0.6) is 0 Å². The van der Waals surface area contributed by atoms with Crippen LogP contribution in [0.25, 0.3) is 0 Å². The molecule has 4 nitrogen and oxygen atoms in total. The maximum absolute atomic E-state index is 12.2. The number of nitrogens with zero attached hydrogens (tertiary/aromatic N) is 1. The monoisotopic (exact) mass is 368 g/mol. The number of sulfonamides is 1. The topological polar surface area (TPSA) is 59.1 Å². The number of aromatic nitrogens is 1. The van der Waals surface area contributed by atoms with Crippen molar-refractivity contribution in [3.05, 3.63) is 57.8 Å². The second-order valence-electron chi connectivity index (χ2n) is 4.93. The molecule has 2 rings (SSSR count). The molecule has 112 valence electrons. The first-order chi connectivity index (χ1) is 9.87. The normalized spacial score (nSPS) is 11.4. The highest BCUT2D eigenvalue weighted by atomic mass is 79.9. The predicted octanol–water partition coefficient (Wildman–Crippen LogP) is 3.45. The molecule has 1 aromatic heterocycles. The van der Waals surface area contributed by atoms with Crippen molar-refractivity contribution in [1.82, 2.24) is 4.98 Å². The van der Waals surface area contributed by atoms with E-state index in [0.717, 1.165) is 21.3 Å². The van der Waals surface area contributed by atoms with E-state index in [9.17, 15) is 8.42 Å². The SMILES string of the molecule is Cc1cc(C)c(NS(=O)(=O)CCc2ccccn2)c(Br)c1. The van der Waals surface area contributed by atoms with Gasteiger partial charge in [-0.15, -0.1) is 0 Å². The van der Waals surface area contributed by atoms with Crippen LogP contribution in [-0.2, 0) is 16.4 Å². The molecule has 1 heterocycles. The van der Waals surface area contributed by atoms with Gasteiger partial charge in [0.05, 0.1) is 11.4 Å². The highest BCUT2D eigenvalue weighted by molar-refractivity contribution is 9.10. The third kappa shape index (κ3) is 4.54. The minimum absolute atomic E-state index is 0.00374. The summed E-state index contributed by atoms with van der Waals surface area (Å²) in [5, 5.41) is 0. The Morgan fingerprint density at radius 1 is 1.24 bits per heavy atom. The minimum atomic E-state index is -3.41. The molecule has 0 aliphatic rings. The number of hydrogen-bond acceptors (Lipinski definition) is 3. The van der Waals surface area contributed by atoms with Crippen molar-refractivity contribution in [1.29, 1.82) is 0 Å². The number of pyridine rings is 1. The molecule has 6 heteroatoms. The fraction of sp³-hybridized carbons (Fsp3) is 0.267. The molecule has 0 unspecified atom stereocenters. The van der Waals surface area contributed by atoms with Gasteiger partial charge in [-0.25, -0.2) is 8.42 Å². The van der Waals surface area contributed by atoms with Gasteiger partial charge in [-0.1, -0.05) is 12.1 Å². The van der Waals surface area contributed by atoms with Gasteiger partial charge in [-0.2, -0.15) is 0 Å². The van der Waals surface area contributed by atoms with Crippen LogP contribution in [0.2, 0.25) is 0 Å². The summed E-state index contributed by atoms with van der Waals surface area (Å²) in [5.41, 5.74) is 3.34. The summed E-state index contributed by atoms with van der Waals surface area (Å²) in [6.07, 6.45) is 2.05. The molecule has 0 aliphatic carbocycles. The van der Waals surface area contributed by atoms with Crippen molar-refractivity contribution >= 4 is 31.6 Å². The van der Waals surface area contributed by atoms with Gasteiger partial charge in [-0.3, -0.25) is 9.71 Å². The molecule has 1 aromatic carbocycles. The molecule has 21 heavy (non-hydrogen) atoms. The first kappa shape index (κ1) is 16.0. The molecular formula is C15H17BrN2O2S. The Balaban J connectivity index is 2.11. The zero-order valence-corrected chi connectivity index (χ0v) is 14.3. The number of halogens is 1. The molecule has 0 spiro atoms. The molecule has 0 aliphatic heterocycles. The lowest BCUT2D eigenvalue weighted by atomic mass is 10.1. The van der Waals surface area contributed by atoms with Crippen molar-refractivity contribution in [2.45, 2.75) is 20.3 Å². The number of rotatable bonds is 5. The van der Waals surface area contributed by atoms with Crippen LogP contribution < -0.4 is 4.72 Å². The van der Waals surface area contributed by atoms with Gasteiger partial charge in [0.25, 0.3) is 0 Å². The molecule has 0 atom stereocenters. The third-order valence-electron chi connectivity index (χ3n) is 3.04. The molecule has 0 saturated heterocycles. The van der Waals surface area contributed by atoms with E-state index < -0.39 is 10.0 Å². The van der Waals surface area contributed by atoms with Gasteiger partial charge in [0.1, 0.15) is 0 Å². The largest absolute Gasteiger partial charge is 0.282 e. The Labute approximate surface area is 133 Å². The molecule has 0 fully saturated rings. The van der Waals surface area contributed by atoms with Crippen LogP contribution in [0.15, 0.2) is 41.0 Å². The van der Waals surface area contributed by atoms with Gasteiger partial charge in [0, 0.05) is 22.8 Å². The lowest BCUT2D eigenvalue weighted by molar-refractivity contribution is 0.600. The molecule has 0 saturated carbocycles. The number of nitrogens with one attached hydrogen (secondary N) is 1. The van der Waals surface area contributed by atoms with Crippen LogP contribution in [0, 0.1) is 13.8 Å². The van der Waals surface area contributed by atoms with E-state index in [4.69, 9.17) is 0 Å². The smallest absolute Gasteiger partial charge is 0.233 e. The number of hydrogen-bond donors (Lipinski definition) is 1. The van der Waals surface area contributed by atoms with Gasteiger partial charge in [0.2, 0.25) is 10.0 Å². The fourth-order valence-electron chi connectivity index (χ4n) is 2.04. The molecule has 0 amide bonds. The van der Waals surface area contributed by atoms with Gasteiger partial charge in [0.15, 0.2) is 0 Å². The minimum Gasteiger partial charge on any atom is -0.282 e. The number of benzene rings is 1. The van der Waals surface area contributed by atoms with E-state index in [-0.39, 0.29) is 5.75 Å². The standard InChI is InChI=1S/C15H17BrN2O2S/c1-11-9-12(2)15(14(16)10-11)18-21(19,20)8-6-13-5-3-4-7-17-13/h3-5,7,9-10,18H,6,8H2,1-2H3. The van der Waals surface area contributed by atoms with Crippen molar-refractivity contribution in [2.75, 3.05) is 10.5 Å². The van der Waals surface area contributed by atoms with Crippen molar-refractivity contribution < 1.29 is 8.42 Å². The van der Waals surface area contributed by atoms with Crippen LogP contribution in [0.1, 0.15) is 16.8 Å². The summed E-state index contributed by atoms with van der Waals surface area (Å²) in [6.45, 7) is 3.85. The second-order valence-corrected chi connectivity index (χ2v) is 7.63. The van der Waals surface area contributed by atoms with Crippen molar-refractivity contribution in [3.8, 4) is 0 Å². The molecule has 2 aromatic rings. The first-order valence-electron chi connectivity index (χ1n) is 6.54. The maximum Gasteiger partial charge on any atom is 0.233 e.